The maximum atomic E-state index is 13.8. The van der Waals surface area contributed by atoms with Gasteiger partial charge >= 0.3 is 0 Å². The number of amides is 1. The Hall–Kier alpha value is -2.69. The van der Waals surface area contributed by atoms with Crippen molar-refractivity contribution in [3.63, 3.8) is 0 Å². The lowest BCUT2D eigenvalue weighted by Gasteiger charge is -2.29. The lowest BCUT2D eigenvalue weighted by atomic mass is 10.0. The highest BCUT2D eigenvalue weighted by Crippen LogP contribution is 2.39. The highest BCUT2D eigenvalue weighted by atomic mass is 35.5. The number of phenols is 1. The second-order valence-corrected chi connectivity index (χ2v) is 6.97. The van der Waals surface area contributed by atoms with E-state index in [1.165, 1.54) is 34.1 Å². The third kappa shape index (κ3) is 2.68. The van der Waals surface area contributed by atoms with Crippen LogP contribution in [0.1, 0.15) is 13.8 Å². The van der Waals surface area contributed by atoms with Crippen LogP contribution in [0, 0.1) is 12.4 Å². The van der Waals surface area contributed by atoms with E-state index in [4.69, 9.17) is 30.4 Å². The van der Waals surface area contributed by atoms with E-state index in [0.717, 1.165) is 6.07 Å². The van der Waals surface area contributed by atoms with Crippen molar-refractivity contribution in [3.8, 4) is 5.75 Å². The molecule has 1 saturated heterocycles. The first-order valence-corrected chi connectivity index (χ1v) is 8.31. The van der Waals surface area contributed by atoms with Crippen LogP contribution in [0.15, 0.2) is 36.4 Å². The average Bonchev–Trinajstić information content (AvgIpc) is 2.75. The Labute approximate surface area is 160 Å². The summed E-state index contributed by atoms with van der Waals surface area (Å²) < 4.78 is 13.8. The van der Waals surface area contributed by atoms with Crippen LogP contribution >= 0.6 is 23.8 Å². The number of aromatic hydroxyl groups is 1. The lowest BCUT2D eigenvalue weighted by Crippen LogP contribution is -2.44. The second-order valence-electron chi connectivity index (χ2n) is 6.20. The quantitative estimate of drug-likeness (QED) is 0.600. The third-order valence-corrected chi connectivity index (χ3v) is 4.84. The third-order valence-electron chi connectivity index (χ3n) is 4.17. The number of hydrogen-bond donors (Lipinski definition) is 1. The van der Waals surface area contributed by atoms with Crippen LogP contribution in [-0.4, -0.2) is 21.7 Å². The Morgan fingerprint density at radius 2 is 1.88 bits per heavy atom. The summed E-state index contributed by atoms with van der Waals surface area (Å²) in [6.45, 7) is 10.4. The van der Waals surface area contributed by atoms with Crippen LogP contribution in [0.3, 0.4) is 0 Å². The van der Waals surface area contributed by atoms with Gasteiger partial charge in [0.25, 0.3) is 5.91 Å². The molecule has 0 spiro atoms. The number of halogens is 2. The van der Waals surface area contributed by atoms with Gasteiger partial charge in [0, 0.05) is 16.8 Å². The largest absolute Gasteiger partial charge is 0.505 e. The van der Waals surface area contributed by atoms with Gasteiger partial charge in [0.2, 0.25) is 5.69 Å². The predicted octanol–water partition coefficient (Wildman–Crippen LogP) is 4.65. The Morgan fingerprint density at radius 3 is 2.46 bits per heavy atom. The molecular formula is C18H13ClFN3O2S. The molecule has 3 rings (SSSR count). The van der Waals surface area contributed by atoms with E-state index in [1.54, 1.807) is 19.9 Å². The number of thiocarbonyl (C=S) groups is 1. The molecule has 8 heteroatoms. The zero-order valence-electron chi connectivity index (χ0n) is 13.8. The second kappa shape index (κ2) is 6.24. The summed E-state index contributed by atoms with van der Waals surface area (Å²) in [5.74, 6) is -1.61. The highest BCUT2D eigenvalue weighted by Gasteiger charge is 2.50. The van der Waals surface area contributed by atoms with E-state index >= 15 is 0 Å². The maximum absolute atomic E-state index is 13.8. The molecule has 0 radical (unpaired) electrons. The van der Waals surface area contributed by atoms with Crippen molar-refractivity contribution in [1.82, 2.24) is 0 Å². The molecule has 0 aliphatic carbocycles. The van der Waals surface area contributed by atoms with E-state index in [1.807, 2.05) is 0 Å². The smallest absolute Gasteiger partial charge is 0.259 e. The SMILES string of the molecule is [C-]#[N+]c1ccc(N2C(=O)C(C)(C)N(c3ccc(O)c(F)c3)C2=S)cc1Cl. The molecule has 1 aliphatic rings. The number of anilines is 2. The Kier molecular flexibility index (Phi) is 4.34. The molecule has 1 amide bonds. The molecule has 1 N–H and O–H groups in total. The summed E-state index contributed by atoms with van der Waals surface area (Å²) >= 11 is 11.6. The normalized spacial score (nSPS) is 16.1. The molecule has 0 atom stereocenters. The summed E-state index contributed by atoms with van der Waals surface area (Å²) in [6.07, 6.45) is 0. The van der Waals surface area contributed by atoms with Gasteiger partial charge in [-0.15, -0.1) is 0 Å². The molecule has 2 aromatic rings. The van der Waals surface area contributed by atoms with Crippen molar-refractivity contribution in [2.24, 2.45) is 0 Å². The molecule has 2 aromatic carbocycles. The zero-order valence-corrected chi connectivity index (χ0v) is 15.4. The monoisotopic (exact) mass is 389 g/mol. The van der Waals surface area contributed by atoms with E-state index in [-0.39, 0.29) is 21.7 Å². The molecule has 0 saturated carbocycles. The molecule has 1 heterocycles. The molecule has 0 unspecified atom stereocenters. The first-order valence-electron chi connectivity index (χ1n) is 7.52. The summed E-state index contributed by atoms with van der Waals surface area (Å²) in [5.41, 5.74) is -0.0437. The van der Waals surface area contributed by atoms with Gasteiger partial charge in [-0.1, -0.05) is 17.7 Å². The van der Waals surface area contributed by atoms with Crippen molar-refractivity contribution >= 4 is 51.9 Å². The van der Waals surface area contributed by atoms with Crippen molar-refractivity contribution in [2.45, 2.75) is 19.4 Å². The minimum absolute atomic E-state index is 0.150. The molecule has 0 aromatic heterocycles. The molecular weight excluding hydrogens is 377 g/mol. The van der Waals surface area contributed by atoms with Crippen LogP contribution < -0.4 is 9.80 Å². The van der Waals surface area contributed by atoms with Gasteiger partial charge in [0.05, 0.1) is 12.3 Å². The number of rotatable bonds is 2. The number of benzene rings is 2. The summed E-state index contributed by atoms with van der Waals surface area (Å²) in [4.78, 5) is 19.1. The molecule has 132 valence electrons. The summed E-state index contributed by atoms with van der Waals surface area (Å²) in [6, 6.07) is 8.40. The van der Waals surface area contributed by atoms with Crippen molar-refractivity contribution in [2.75, 3.05) is 9.80 Å². The highest BCUT2D eigenvalue weighted by molar-refractivity contribution is 7.81. The number of hydrogen-bond acceptors (Lipinski definition) is 3. The van der Waals surface area contributed by atoms with E-state index < -0.39 is 17.1 Å². The topological polar surface area (TPSA) is 48.1 Å². The first-order chi connectivity index (χ1) is 12.2. The number of carbonyl (C=O) groups excluding carboxylic acids is 1. The van der Waals surface area contributed by atoms with Crippen molar-refractivity contribution in [3.05, 3.63) is 58.7 Å². The Balaban J connectivity index is 2.09. The average molecular weight is 390 g/mol. The minimum Gasteiger partial charge on any atom is -0.505 e. The standard InChI is InChI=1S/C18H13ClFN3O2S/c1-18(2)16(25)22(10-4-6-14(21-3)12(19)8-10)17(26)23(18)11-5-7-15(24)13(20)9-11/h4-9,24H,1-2H3. The van der Waals surface area contributed by atoms with Crippen LogP contribution in [0.25, 0.3) is 4.85 Å². The fourth-order valence-electron chi connectivity index (χ4n) is 2.82. The van der Waals surface area contributed by atoms with Gasteiger partial charge < -0.3 is 10.0 Å². The van der Waals surface area contributed by atoms with E-state index in [0.29, 0.717) is 11.4 Å². The summed E-state index contributed by atoms with van der Waals surface area (Å²) in [7, 11) is 0. The number of carbonyl (C=O) groups is 1. The van der Waals surface area contributed by atoms with Gasteiger partial charge in [-0.05, 0) is 50.3 Å². The van der Waals surface area contributed by atoms with Crippen molar-refractivity contribution in [1.29, 1.82) is 0 Å². The zero-order chi connectivity index (χ0) is 19.2. The Morgan fingerprint density at radius 1 is 1.23 bits per heavy atom. The van der Waals surface area contributed by atoms with Crippen LogP contribution in [0.2, 0.25) is 5.02 Å². The molecule has 5 nitrogen and oxygen atoms in total. The molecule has 1 aliphatic heterocycles. The van der Waals surface area contributed by atoms with Gasteiger partial charge in [-0.25, -0.2) is 9.24 Å². The van der Waals surface area contributed by atoms with Gasteiger partial charge in [-0.2, -0.15) is 0 Å². The molecule has 1 fully saturated rings. The Bertz CT molecular complexity index is 987. The van der Waals surface area contributed by atoms with E-state index in [2.05, 4.69) is 4.85 Å². The van der Waals surface area contributed by atoms with Gasteiger partial charge in [0.1, 0.15) is 5.54 Å². The van der Waals surface area contributed by atoms with Gasteiger partial charge in [0.15, 0.2) is 16.7 Å². The number of nitrogens with zero attached hydrogens (tertiary/aromatic N) is 3. The minimum atomic E-state index is -1.08. The summed E-state index contributed by atoms with van der Waals surface area (Å²) in [5, 5.41) is 9.76. The van der Waals surface area contributed by atoms with E-state index in [9.17, 15) is 14.3 Å². The van der Waals surface area contributed by atoms with Gasteiger partial charge in [-0.3, -0.25) is 9.69 Å². The fraction of sp³-hybridized carbons (Fsp3) is 0.167. The lowest BCUT2D eigenvalue weighted by molar-refractivity contribution is -0.120. The predicted molar refractivity (Wildman–Crippen MR) is 102 cm³/mol. The van der Waals surface area contributed by atoms with Crippen LogP contribution in [-0.2, 0) is 4.79 Å². The fourth-order valence-corrected chi connectivity index (χ4v) is 3.56. The van der Waals surface area contributed by atoms with Crippen LogP contribution in [0.5, 0.6) is 5.75 Å². The maximum Gasteiger partial charge on any atom is 0.259 e. The molecule has 26 heavy (non-hydrogen) atoms. The van der Waals surface area contributed by atoms with Crippen LogP contribution in [0.4, 0.5) is 21.5 Å². The molecule has 0 bridgehead atoms. The number of phenolic OH excluding ortho intramolecular Hbond substituents is 1. The van der Waals surface area contributed by atoms with Crippen molar-refractivity contribution < 1.29 is 14.3 Å². The first kappa shape index (κ1) is 18.1.